The number of carbonyl (C=O) groups is 1. The molecule has 2 aromatic heterocycles. The fourth-order valence-corrected chi connectivity index (χ4v) is 7.01. The molecule has 0 N–H and O–H groups in total. The second kappa shape index (κ2) is 8.16. The van der Waals surface area contributed by atoms with Crippen LogP contribution in [0.15, 0.2) is 24.5 Å². The van der Waals surface area contributed by atoms with Gasteiger partial charge in [-0.05, 0) is 64.7 Å². The highest BCUT2D eigenvalue weighted by Crippen LogP contribution is 2.40. The quantitative estimate of drug-likeness (QED) is 0.654. The Morgan fingerprint density at radius 1 is 1.13 bits per heavy atom. The van der Waals surface area contributed by atoms with E-state index in [1.54, 1.807) is 6.07 Å². The summed E-state index contributed by atoms with van der Waals surface area (Å²) >= 11 is 1.09. The number of hydrogen-bond acceptors (Lipinski definition) is 6. The van der Waals surface area contributed by atoms with Gasteiger partial charge in [0.15, 0.2) is 5.13 Å². The molecule has 2 aromatic rings. The molecule has 6 nitrogen and oxygen atoms in total. The Bertz CT molecular complexity index is 1050. The van der Waals surface area contributed by atoms with Gasteiger partial charge in [-0.3, -0.25) is 9.00 Å². The van der Waals surface area contributed by atoms with Crippen molar-refractivity contribution >= 4 is 38.6 Å². The van der Waals surface area contributed by atoms with Gasteiger partial charge in [-0.25, -0.2) is 9.97 Å². The predicted molar refractivity (Wildman–Crippen MR) is 123 cm³/mol. The largest absolute Gasteiger partial charge is 0.337 e. The van der Waals surface area contributed by atoms with Crippen LogP contribution in [0.4, 0.5) is 10.3 Å². The SMILES string of the molecule is C=S1(=O)CCC(C(=O)N2CCN(c3ncc(C4CC4)cn3)CC2c2ccc(F)s2)CC1. The number of carbonyl (C=O) groups excluding carboxylic acids is 1. The lowest BCUT2D eigenvalue weighted by Gasteiger charge is -2.43. The summed E-state index contributed by atoms with van der Waals surface area (Å²) in [7, 11) is -2.04. The van der Waals surface area contributed by atoms with Gasteiger partial charge in [-0.2, -0.15) is 4.39 Å². The first-order valence-corrected chi connectivity index (χ1v) is 13.7. The molecule has 3 aliphatic rings. The molecule has 1 atom stereocenters. The van der Waals surface area contributed by atoms with Crippen LogP contribution in [-0.4, -0.2) is 62.0 Å². The Hall–Kier alpha value is -2.00. The van der Waals surface area contributed by atoms with Gasteiger partial charge in [0.1, 0.15) is 0 Å². The van der Waals surface area contributed by atoms with Crippen molar-refractivity contribution in [1.29, 1.82) is 0 Å². The number of hydrogen-bond donors (Lipinski definition) is 0. The lowest BCUT2D eigenvalue weighted by Crippen LogP contribution is -2.53. The number of rotatable bonds is 4. The van der Waals surface area contributed by atoms with E-state index >= 15 is 0 Å². The minimum Gasteiger partial charge on any atom is -0.337 e. The van der Waals surface area contributed by atoms with Crippen molar-refractivity contribution < 1.29 is 13.4 Å². The molecule has 0 aromatic carbocycles. The van der Waals surface area contributed by atoms with Crippen molar-refractivity contribution in [3.8, 4) is 0 Å². The molecule has 1 amide bonds. The van der Waals surface area contributed by atoms with Crippen LogP contribution in [-0.2, 0) is 14.3 Å². The molecule has 0 spiro atoms. The predicted octanol–water partition coefficient (Wildman–Crippen LogP) is 3.07. The van der Waals surface area contributed by atoms with Gasteiger partial charge in [0, 0.05) is 54.3 Å². The van der Waals surface area contributed by atoms with Crippen LogP contribution in [0.25, 0.3) is 0 Å². The fourth-order valence-electron chi connectivity index (χ4n) is 4.54. The minimum atomic E-state index is -2.04. The van der Waals surface area contributed by atoms with Crippen molar-refractivity contribution in [2.24, 2.45) is 5.92 Å². The van der Waals surface area contributed by atoms with Gasteiger partial charge in [-0.15, -0.1) is 11.3 Å². The Kier molecular flexibility index (Phi) is 5.50. The first kappa shape index (κ1) is 20.9. The Morgan fingerprint density at radius 2 is 1.84 bits per heavy atom. The summed E-state index contributed by atoms with van der Waals surface area (Å²) in [4.78, 5) is 27.4. The van der Waals surface area contributed by atoms with Crippen LogP contribution < -0.4 is 4.90 Å². The molecular formula is C22H27FN4O2S2. The molecule has 1 unspecified atom stereocenters. The third-order valence-electron chi connectivity index (χ3n) is 6.60. The Morgan fingerprint density at radius 3 is 2.45 bits per heavy atom. The summed E-state index contributed by atoms with van der Waals surface area (Å²) in [5, 5.41) is -0.251. The molecule has 0 bridgehead atoms. The van der Waals surface area contributed by atoms with Crippen LogP contribution in [0, 0.1) is 11.0 Å². The zero-order valence-corrected chi connectivity index (χ0v) is 19.0. The normalized spacial score (nSPS) is 29.2. The molecule has 2 aliphatic heterocycles. The van der Waals surface area contributed by atoms with E-state index in [2.05, 4.69) is 20.7 Å². The molecule has 2 saturated heterocycles. The zero-order chi connectivity index (χ0) is 21.6. The van der Waals surface area contributed by atoms with Crippen LogP contribution in [0.2, 0.25) is 0 Å². The van der Waals surface area contributed by atoms with Crippen molar-refractivity contribution in [2.45, 2.75) is 37.6 Å². The number of anilines is 1. The molecular weight excluding hydrogens is 435 g/mol. The van der Waals surface area contributed by atoms with Gasteiger partial charge < -0.3 is 9.80 Å². The highest BCUT2D eigenvalue weighted by Gasteiger charge is 2.38. The van der Waals surface area contributed by atoms with E-state index in [1.165, 1.54) is 24.5 Å². The molecule has 1 saturated carbocycles. The average molecular weight is 463 g/mol. The number of amides is 1. The molecule has 4 heterocycles. The summed E-state index contributed by atoms with van der Waals surface area (Å²) in [6.45, 7) is 1.71. The second-order valence-corrected chi connectivity index (χ2v) is 12.7. The van der Waals surface area contributed by atoms with E-state index in [0.717, 1.165) is 16.2 Å². The fraction of sp³-hybridized carbons (Fsp3) is 0.545. The van der Waals surface area contributed by atoms with Crippen LogP contribution in [0.1, 0.15) is 48.1 Å². The molecule has 5 rings (SSSR count). The van der Waals surface area contributed by atoms with Gasteiger partial charge in [-0.1, -0.05) is 0 Å². The molecule has 3 fully saturated rings. The Balaban J connectivity index is 1.35. The van der Waals surface area contributed by atoms with E-state index in [0.29, 0.717) is 55.8 Å². The van der Waals surface area contributed by atoms with E-state index in [9.17, 15) is 13.4 Å². The van der Waals surface area contributed by atoms with E-state index in [1.807, 2.05) is 17.3 Å². The van der Waals surface area contributed by atoms with Gasteiger partial charge >= 0.3 is 0 Å². The zero-order valence-electron chi connectivity index (χ0n) is 17.4. The summed E-state index contributed by atoms with van der Waals surface area (Å²) < 4.78 is 26.0. The first-order chi connectivity index (χ1) is 14.9. The number of piperazine rings is 1. The summed E-state index contributed by atoms with van der Waals surface area (Å²) in [6, 6.07) is 2.99. The van der Waals surface area contributed by atoms with Crippen molar-refractivity contribution in [1.82, 2.24) is 14.9 Å². The molecule has 166 valence electrons. The highest BCUT2D eigenvalue weighted by molar-refractivity contribution is 8.00. The van der Waals surface area contributed by atoms with Crippen LogP contribution in [0.5, 0.6) is 0 Å². The van der Waals surface area contributed by atoms with Crippen LogP contribution >= 0.6 is 11.3 Å². The topological polar surface area (TPSA) is 66.4 Å². The molecule has 0 radical (unpaired) electrons. The highest BCUT2D eigenvalue weighted by atomic mass is 32.2. The molecule has 9 heteroatoms. The average Bonchev–Trinajstić information content (AvgIpc) is 3.53. The molecule has 31 heavy (non-hydrogen) atoms. The summed E-state index contributed by atoms with van der Waals surface area (Å²) in [5.41, 5.74) is 1.19. The second-order valence-electron chi connectivity index (χ2n) is 8.87. The maximum absolute atomic E-state index is 13.8. The smallest absolute Gasteiger partial charge is 0.226 e. The standard InChI is InChI=1S/C22H27FN4O2S2/c1-31(29)10-6-16(7-11-31)21(28)27-9-8-26(14-18(27)19-4-5-20(23)30-19)22-24-12-17(13-25-22)15-2-3-15/h4-5,12-13,15-16,18H,1-3,6-11,14H2. The Labute approximate surface area is 186 Å². The minimum absolute atomic E-state index is 0.0818. The van der Waals surface area contributed by atoms with E-state index < -0.39 is 9.52 Å². The lowest BCUT2D eigenvalue weighted by atomic mass is 9.98. The maximum atomic E-state index is 13.8. The lowest BCUT2D eigenvalue weighted by molar-refractivity contribution is -0.138. The van der Waals surface area contributed by atoms with Gasteiger partial charge in [0.05, 0.1) is 6.04 Å². The molecule has 1 aliphatic carbocycles. The first-order valence-electron chi connectivity index (χ1n) is 10.8. The monoisotopic (exact) mass is 462 g/mol. The van der Waals surface area contributed by atoms with E-state index in [4.69, 9.17) is 0 Å². The van der Waals surface area contributed by atoms with Crippen molar-refractivity contribution in [3.63, 3.8) is 0 Å². The summed E-state index contributed by atoms with van der Waals surface area (Å²) in [6.07, 6.45) is 7.46. The summed E-state index contributed by atoms with van der Waals surface area (Å²) in [5.74, 6) is 6.03. The van der Waals surface area contributed by atoms with Crippen LogP contribution in [0.3, 0.4) is 0 Å². The third-order valence-corrected chi connectivity index (χ3v) is 9.54. The number of thiophene rings is 1. The van der Waals surface area contributed by atoms with Crippen molar-refractivity contribution in [3.05, 3.63) is 40.1 Å². The third kappa shape index (κ3) is 4.48. The van der Waals surface area contributed by atoms with Gasteiger partial charge in [0.2, 0.25) is 11.9 Å². The maximum Gasteiger partial charge on any atom is 0.226 e. The van der Waals surface area contributed by atoms with Gasteiger partial charge in [0.25, 0.3) is 0 Å². The number of aromatic nitrogens is 2. The number of nitrogens with zero attached hydrogens (tertiary/aromatic N) is 4. The van der Waals surface area contributed by atoms with E-state index in [-0.39, 0.29) is 23.0 Å². The number of halogens is 1. The van der Waals surface area contributed by atoms with Crippen molar-refractivity contribution in [2.75, 3.05) is 36.0 Å².